The molecule has 1 amide bonds. The molecule has 136 valence electrons. The van der Waals surface area contributed by atoms with E-state index in [0.29, 0.717) is 13.0 Å². The summed E-state index contributed by atoms with van der Waals surface area (Å²) in [5.41, 5.74) is 2.44. The first-order valence-electron chi connectivity index (χ1n) is 9.28. The fourth-order valence-electron chi connectivity index (χ4n) is 2.53. The molecule has 1 aromatic carbocycles. The Bertz CT molecular complexity index is 491. The molecule has 24 heavy (non-hydrogen) atoms. The van der Waals surface area contributed by atoms with Crippen LogP contribution in [-0.2, 0) is 14.6 Å². The van der Waals surface area contributed by atoms with Crippen LogP contribution < -0.4 is 4.90 Å². The first kappa shape index (κ1) is 20.9. The van der Waals surface area contributed by atoms with Crippen molar-refractivity contribution in [3.8, 4) is 0 Å². The number of carbonyl (C=O) groups is 1. The third kappa shape index (κ3) is 7.18. The number of hydrogen-bond donors (Lipinski definition) is 0. The minimum atomic E-state index is -0.983. The molecule has 0 atom stereocenters. The average Bonchev–Trinajstić information content (AvgIpc) is 2.51. The van der Waals surface area contributed by atoms with Crippen LogP contribution >= 0.6 is 0 Å². The first-order valence-corrected chi connectivity index (χ1v) is 12.1. The second kappa shape index (κ2) is 9.99. The van der Waals surface area contributed by atoms with Gasteiger partial charge in [0.2, 0.25) is 5.91 Å². The molecule has 1 aromatic rings. The summed E-state index contributed by atoms with van der Waals surface area (Å²) in [4.78, 5) is 14.6. The lowest BCUT2D eigenvalue weighted by Gasteiger charge is -2.25. The summed E-state index contributed by atoms with van der Waals surface area (Å²) in [7, 11) is -0.983. The van der Waals surface area contributed by atoms with Crippen LogP contribution in [0, 0.1) is 0 Å². The van der Waals surface area contributed by atoms with Gasteiger partial charge in [0, 0.05) is 25.3 Å². The minimum Gasteiger partial charge on any atom is -0.421 e. The van der Waals surface area contributed by atoms with Crippen molar-refractivity contribution < 1.29 is 9.22 Å². The predicted molar refractivity (Wildman–Crippen MR) is 106 cm³/mol. The highest BCUT2D eigenvalue weighted by molar-refractivity contribution is 6.48. The average molecular weight is 350 g/mol. The van der Waals surface area contributed by atoms with E-state index in [4.69, 9.17) is 4.43 Å². The van der Waals surface area contributed by atoms with Gasteiger partial charge in [0.05, 0.1) is 0 Å². The monoisotopic (exact) mass is 349 g/mol. The molecule has 0 saturated heterocycles. The van der Waals surface area contributed by atoms with Crippen molar-refractivity contribution in [3.05, 3.63) is 29.8 Å². The van der Waals surface area contributed by atoms with Gasteiger partial charge in [-0.25, -0.2) is 0 Å². The highest BCUT2D eigenvalue weighted by Gasteiger charge is 2.17. The van der Waals surface area contributed by atoms with Gasteiger partial charge in [-0.1, -0.05) is 46.2 Å². The maximum atomic E-state index is 12.7. The van der Waals surface area contributed by atoms with Gasteiger partial charge < -0.3 is 9.33 Å². The molecule has 0 aliphatic heterocycles. The zero-order valence-electron chi connectivity index (χ0n) is 16.4. The number of benzene rings is 1. The minimum absolute atomic E-state index is 0.134. The Morgan fingerprint density at radius 3 is 2.25 bits per heavy atom. The van der Waals surface area contributed by atoms with Crippen LogP contribution in [0.1, 0.15) is 58.9 Å². The van der Waals surface area contributed by atoms with Gasteiger partial charge >= 0.3 is 0 Å². The molecule has 0 bridgehead atoms. The third-order valence-electron chi connectivity index (χ3n) is 4.07. The predicted octanol–water partition coefficient (Wildman–Crippen LogP) is 4.90. The molecule has 0 N–H and O–H groups in total. The standard InChI is InChI=1S/C20H35NO2Si/c1-7-8-15-21(19(22)10-9-16-23-24(5)6)18-13-11-17(12-14-18)20(2,3)4/h11-14,24H,7-10,15-16H2,1-6H3. The summed E-state index contributed by atoms with van der Waals surface area (Å²) in [5, 5.41) is 0. The molecule has 0 radical (unpaired) electrons. The number of hydrogen-bond acceptors (Lipinski definition) is 2. The van der Waals surface area contributed by atoms with E-state index in [1.54, 1.807) is 0 Å². The summed E-state index contributed by atoms with van der Waals surface area (Å²) in [6, 6.07) is 8.47. The first-order chi connectivity index (χ1) is 11.3. The molecule has 0 heterocycles. The molecule has 0 fully saturated rings. The molecule has 0 saturated carbocycles. The molecule has 0 aliphatic carbocycles. The maximum absolute atomic E-state index is 12.7. The summed E-state index contributed by atoms with van der Waals surface area (Å²) in [6.45, 7) is 14.6. The third-order valence-corrected chi connectivity index (χ3v) is 4.97. The van der Waals surface area contributed by atoms with E-state index < -0.39 is 9.04 Å². The summed E-state index contributed by atoms with van der Waals surface area (Å²) < 4.78 is 5.68. The molecule has 3 nitrogen and oxygen atoms in total. The summed E-state index contributed by atoms with van der Waals surface area (Å²) in [6.07, 6.45) is 3.49. The van der Waals surface area contributed by atoms with Crippen LogP contribution in [0.4, 0.5) is 5.69 Å². The fourth-order valence-corrected chi connectivity index (χ4v) is 3.17. The van der Waals surface area contributed by atoms with Crippen molar-refractivity contribution in [1.29, 1.82) is 0 Å². The quantitative estimate of drug-likeness (QED) is 0.469. The molecule has 4 heteroatoms. The van der Waals surface area contributed by atoms with Crippen LogP contribution in [0.5, 0.6) is 0 Å². The number of anilines is 1. The van der Waals surface area contributed by atoms with Gasteiger partial charge in [-0.3, -0.25) is 4.79 Å². The lowest BCUT2D eigenvalue weighted by molar-refractivity contribution is -0.118. The SMILES string of the molecule is CCCCN(C(=O)CCCO[SiH](C)C)c1ccc(C(C)(C)C)cc1. The Balaban J connectivity index is 2.75. The zero-order valence-corrected chi connectivity index (χ0v) is 17.5. The van der Waals surface area contributed by atoms with E-state index in [2.05, 4.69) is 65.1 Å². The molecule has 0 unspecified atom stereocenters. The van der Waals surface area contributed by atoms with Gasteiger partial charge in [-0.2, -0.15) is 0 Å². The summed E-state index contributed by atoms with van der Waals surface area (Å²) >= 11 is 0. The normalized spacial score (nSPS) is 11.8. The van der Waals surface area contributed by atoms with Crippen LogP contribution in [0.2, 0.25) is 13.1 Å². The highest BCUT2D eigenvalue weighted by Crippen LogP contribution is 2.25. The second-order valence-corrected chi connectivity index (χ2v) is 10.1. The van der Waals surface area contributed by atoms with Crippen LogP contribution in [0.15, 0.2) is 24.3 Å². The number of amides is 1. The number of carbonyl (C=O) groups excluding carboxylic acids is 1. The van der Waals surface area contributed by atoms with Crippen LogP contribution in [-0.4, -0.2) is 28.1 Å². The Morgan fingerprint density at radius 2 is 1.75 bits per heavy atom. The molecule has 1 rings (SSSR count). The molecular weight excluding hydrogens is 314 g/mol. The Hall–Kier alpha value is -1.13. The van der Waals surface area contributed by atoms with E-state index in [9.17, 15) is 4.79 Å². The van der Waals surface area contributed by atoms with Crippen molar-refractivity contribution in [2.75, 3.05) is 18.1 Å². The van der Waals surface area contributed by atoms with E-state index >= 15 is 0 Å². The molecule has 0 aromatic heterocycles. The molecular formula is C20H35NO2Si. The van der Waals surface area contributed by atoms with Gasteiger partial charge in [-0.15, -0.1) is 0 Å². The molecule has 0 spiro atoms. The second-order valence-electron chi connectivity index (χ2n) is 7.72. The van der Waals surface area contributed by atoms with Gasteiger partial charge in [-0.05, 0) is 49.0 Å². The number of rotatable bonds is 9. The maximum Gasteiger partial charge on any atom is 0.227 e. The van der Waals surface area contributed by atoms with Crippen molar-refractivity contribution in [2.45, 2.75) is 71.9 Å². The lowest BCUT2D eigenvalue weighted by atomic mass is 9.87. The smallest absolute Gasteiger partial charge is 0.227 e. The molecule has 0 aliphatic rings. The van der Waals surface area contributed by atoms with Crippen molar-refractivity contribution in [1.82, 2.24) is 0 Å². The number of unbranched alkanes of at least 4 members (excludes halogenated alkanes) is 1. The van der Waals surface area contributed by atoms with Crippen molar-refractivity contribution >= 4 is 20.6 Å². The van der Waals surface area contributed by atoms with E-state index in [-0.39, 0.29) is 11.3 Å². The highest BCUT2D eigenvalue weighted by atomic mass is 28.3. The fraction of sp³-hybridized carbons (Fsp3) is 0.650. The largest absolute Gasteiger partial charge is 0.421 e. The van der Waals surface area contributed by atoms with Gasteiger partial charge in [0.15, 0.2) is 9.04 Å². The van der Waals surface area contributed by atoms with Gasteiger partial charge in [0.1, 0.15) is 0 Å². The summed E-state index contributed by atoms with van der Waals surface area (Å²) in [5.74, 6) is 0.209. The van der Waals surface area contributed by atoms with E-state index in [0.717, 1.165) is 31.5 Å². The van der Waals surface area contributed by atoms with Crippen molar-refractivity contribution in [3.63, 3.8) is 0 Å². The topological polar surface area (TPSA) is 29.5 Å². The van der Waals surface area contributed by atoms with Crippen LogP contribution in [0.3, 0.4) is 0 Å². The lowest BCUT2D eigenvalue weighted by Crippen LogP contribution is -2.32. The van der Waals surface area contributed by atoms with Crippen LogP contribution in [0.25, 0.3) is 0 Å². The Kier molecular flexibility index (Phi) is 8.71. The van der Waals surface area contributed by atoms with E-state index in [1.807, 2.05) is 4.90 Å². The Morgan fingerprint density at radius 1 is 1.12 bits per heavy atom. The van der Waals surface area contributed by atoms with Crippen molar-refractivity contribution in [2.24, 2.45) is 0 Å². The number of nitrogens with zero attached hydrogens (tertiary/aromatic N) is 1. The zero-order chi connectivity index (χ0) is 18.2. The Labute approximate surface area is 150 Å². The van der Waals surface area contributed by atoms with Gasteiger partial charge in [0.25, 0.3) is 0 Å². The van der Waals surface area contributed by atoms with E-state index in [1.165, 1.54) is 5.56 Å².